The van der Waals surface area contributed by atoms with Crippen LogP contribution in [0.25, 0.3) is 5.57 Å². The van der Waals surface area contributed by atoms with E-state index >= 15 is 0 Å². The number of hydrogen-bond acceptors (Lipinski definition) is 10. The SMILES string of the molecule is O=C=O.[CH-]=CC(=O)N(O)CCCCN(Cc1ccc(CN)cc1)C(=S)Nc1ccc(C2=C3C=CC(=O)C=C3Cc3cc(O)ccc32)c(C(=O)[O-])c1.[Na+].[Na+]. The standard InChI is InChI=1S/C37H35N4O6S.CO2.2Na/c1-2-34(44)41(47)16-4-3-15-40(22-24-7-5-23(21-38)6-8-24)37(48)39-27-9-12-32(33(20-27)36(45)46)35-30-13-10-28(42)18-25(30)17-26-19-29(43)11-14-31(26)35;2-1-3;;/h1-2,5-14,18-20,42,47H,3-4,15-17,21-22,38H2,(H,39,48)(H,45,46);;;/q-1;;2*+1/p-1. The first-order chi connectivity index (χ1) is 24.5. The molecule has 5 N–H and O–H groups in total. The van der Waals surface area contributed by atoms with Gasteiger partial charge in [0.2, 0.25) is 0 Å². The van der Waals surface area contributed by atoms with Crippen LogP contribution in [-0.2, 0) is 38.7 Å². The van der Waals surface area contributed by atoms with Crippen LogP contribution in [0.4, 0.5) is 5.69 Å². The fourth-order valence-corrected chi connectivity index (χ4v) is 6.07. The zero-order chi connectivity index (χ0) is 37.1. The van der Waals surface area contributed by atoms with Crippen LogP contribution in [0.1, 0.15) is 51.0 Å². The van der Waals surface area contributed by atoms with Crippen molar-refractivity contribution in [3.63, 3.8) is 0 Å². The molecule has 0 bridgehead atoms. The van der Waals surface area contributed by atoms with E-state index < -0.39 is 11.9 Å². The number of nitrogens with zero attached hydrogens (tertiary/aromatic N) is 2. The maximum atomic E-state index is 12.6. The third kappa shape index (κ3) is 12.0. The fourth-order valence-electron chi connectivity index (χ4n) is 5.80. The molecule has 2 aliphatic rings. The molecule has 0 atom stereocenters. The molecule has 0 aromatic heterocycles. The number of unbranched alkanes of at least 4 members (excludes halogenated alkanes) is 1. The van der Waals surface area contributed by atoms with Gasteiger partial charge in [-0.05, 0) is 112 Å². The Morgan fingerprint density at radius 1 is 0.981 bits per heavy atom. The number of carboxylic acid groups (broad SMARTS) is 1. The van der Waals surface area contributed by atoms with Crippen molar-refractivity contribution in [1.82, 2.24) is 9.96 Å². The molecule has 262 valence electrons. The maximum Gasteiger partial charge on any atom is 1.00 e. The fraction of sp³-hybridized carbons (Fsp3) is 0.184. The first kappa shape index (κ1) is 45.2. The van der Waals surface area contributed by atoms with Crippen LogP contribution < -0.4 is 75.3 Å². The smallest absolute Gasteiger partial charge is 0.545 e. The van der Waals surface area contributed by atoms with Gasteiger partial charge in [0, 0.05) is 37.4 Å². The van der Waals surface area contributed by atoms with Gasteiger partial charge >= 0.3 is 65.3 Å². The van der Waals surface area contributed by atoms with Gasteiger partial charge in [-0.3, -0.25) is 16.4 Å². The van der Waals surface area contributed by atoms with Gasteiger partial charge in [0.1, 0.15) is 11.7 Å². The number of thiocarbonyl (C=S) groups is 1. The zero-order valence-corrected chi connectivity index (χ0v) is 34.2. The normalized spacial score (nSPS) is 12.2. The Bertz CT molecular complexity index is 1990. The number of amides is 1. The molecule has 0 fully saturated rings. The van der Waals surface area contributed by atoms with Crippen LogP contribution >= 0.6 is 12.2 Å². The number of fused-ring (bicyclic) bond motifs is 2. The number of phenolic OH excluding ortho intramolecular Hbond substituents is 1. The minimum atomic E-state index is -1.39. The number of nitrogens with two attached hydrogens (primary N) is 1. The van der Waals surface area contributed by atoms with E-state index in [1.807, 2.05) is 29.2 Å². The summed E-state index contributed by atoms with van der Waals surface area (Å²) in [6, 6.07) is 17.6. The zero-order valence-electron chi connectivity index (χ0n) is 29.3. The molecule has 3 aromatic carbocycles. The summed E-state index contributed by atoms with van der Waals surface area (Å²) >= 11 is 5.80. The number of carbonyl (C=O) groups excluding carboxylic acids is 5. The van der Waals surface area contributed by atoms with Crippen LogP contribution in [0, 0.1) is 6.58 Å². The minimum absolute atomic E-state index is 0. The second-order valence-corrected chi connectivity index (χ2v) is 11.9. The molecule has 1 amide bonds. The molecule has 0 aliphatic heterocycles. The van der Waals surface area contributed by atoms with Crippen LogP contribution in [0.2, 0.25) is 0 Å². The van der Waals surface area contributed by atoms with Crippen molar-refractivity contribution >= 4 is 52.4 Å². The van der Waals surface area contributed by atoms with E-state index in [-0.39, 0.29) is 88.9 Å². The molecule has 15 heteroatoms. The Kier molecular flexibility index (Phi) is 18.5. The number of anilines is 1. The Balaban J connectivity index is 0.00000188. The number of allylic oxidation sites excluding steroid dienone is 5. The van der Waals surface area contributed by atoms with Gasteiger partial charge in [0.05, 0.1) is 5.97 Å². The molecule has 0 spiro atoms. The maximum absolute atomic E-state index is 12.6. The second kappa shape index (κ2) is 21.7. The number of hydroxylamine groups is 2. The molecule has 53 heavy (non-hydrogen) atoms. The van der Waals surface area contributed by atoms with E-state index in [4.69, 9.17) is 34.1 Å². The van der Waals surface area contributed by atoms with Crippen LogP contribution in [0.5, 0.6) is 5.75 Å². The van der Waals surface area contributed by atoms with Gasteiger partial charge in [-0.2, -0.15) is 15.7 Å². The van der Waals surface area contributed by atoms with Gasteiger partial charge in [-0.15, -0.1) is 0 Å². The van der Waals surface area contributed by atoms with Crippen molar-refractivity contribution in [2.24, 2.45) is 5.73 Å². The van der Waals surface area contributed by atoms with Crippen molar-refractivity contribution in [2.75, 3.05) is 18.4 Å². The van der Waals surface area contributed by atoms with E-state index in [1.54, 1.807) is 36.4 Å². The van der Waals surface area contributed by atoms with Crippen molar-refractivity contribution in [3.05, 3.63) is 136 Å². The van der Waals surface area contributed by atoms with Crippen molar-refractivity contribution < 1.29 is 98.5 Å². The molecule has 0 unspecified atom stereocenters. The first-order valence-corrected chi connectivity index (χ1v) is 16.1. The van der Waals surface area contributed by atoms with Crippen molar-refractivity contribution in [2.45, 2.75) is 32.4 Å². The first-order valence-electron chi connectivity index (χ1n) is 15.7. The quantitative estimate of drug-likeness (QED) is 0.0284. The molecular weight excluding hydrogens is 718 g/mol. The van der Waals surface area contributed by atoms with E-state index in [0.717, 1.165) is 39.5 Å². The number of carbonyl (C=O) groups is 3. The number of carboxylic acids is 1. The summed E-state index contributed by atoms with van der Waals surface area (Å²) in [5, 5.41) is 36.6. The topological polar surface area (TPSA) is 193 Å². The monoisotopic (exact) mass is 752 g/mol. The molecule has 0 saturated heterocycles. The summed E-state index contributed by atoms with van der Waals surface area (Å²) in [4.78, 5) is 54.5. The second-order valence-electron chi connectivity index (χ2n) is 11.6. The van der Waals surface area contributed by atoms with Crippen LogP contribution in [0.15, 0.2) is 96.1 Å². The van der Waals surface area contributed by atoms with E-state index in [2.05, 4.69) is 5.32 Å². The molecule has 3 aromatic rings. The average Bonchev–Trinajstić information content (AvgIpc) is 3.11. The number of hydrogen-bond donors (Lipinski definition) is 4. The average molecular weight is 753 g/mol. The molecule has 2 aliphatic carbocycles. The van der Waals surface area contributed by atoms with Crippen molar-refractivity contribution in [3.8, 4) is 5.75 Å². The number of aromatic carboxylic acids is 1. The van der Waals surface area contributed by atoms with Gasteiger partial charge in [-0.25, -0.2) is 0 Å². The van der Waals surface area contributed by atoms with E-state index in [9.17, 15) is 29.8 Å². The summed E-state index contributed by atoms with van der Waals surface area (Å²) < 4.78 is 0. The largest absolute Gasteiger partial charge is 1.00 e. The van der Waals surface area contributed by atoms with Gasteiger partial charge in [-0.1, -0.05) is 42.5 Å². The predicted molar refractivity (Wildman–Crippen MR) is 188 cm³/mol. The Morgan fingerprint density at radius 3 is 2.26 bits per heavy atom. The summed E-state index contributed by atoms with van der Waals surface area (Å²) in [5.41, 5.74) is 12.0. The Hall–Kier alpha value is -3.98. The van der Waals surface area contributed by atoms with E-state index in [0.29, 0.717) is 65.9 Å². The number of nitrogens with one attached hydrogen (secondary N) is 1. The summed E-state index contributed by atoms with van der Waals surface area (Å²) in [5.74, 6) is -2.18. The molecule has 12 nitrogen and oxygen atoms in total. The molecule has 0 radical (unpaired) electrons. The third-order valence-electron chi connectivity index (χ3n) is 8.21. The van der Waals surface area contributed by atoms with Crippen LogP contribution in [-0.4, -0.2) is 62.3 Å². The number of benzene rings is 3. The van der Waals surface area contributed by atoms with Crippen LogP contribution in [0.3, 0.4) is 0 Å². The summed E-state index contributed by atoms with van der Waals surface area (Å²) in [6.07, 6.45) is 7.16. The molecular formula is C38H34N4Na2O8S. The predicted octanol–water partition coefficient (Wildman–Crippen LogP) is -2.75. The van der Waals surface area contributed by atoms with Gasteiger partial charge < -0.3 is 41.0 Å². The number of rotatable bonds is 12. The number of aromatic hydroxyl groups is 1. The van der Waals surface area contributed by atoms with Gasteiger partial charge in [0.15, 0.2) is 10.9 Å². The Labute approximate surface area is 356 Å². The van der Waals surface area contributed by atoms with Crippen molar-refractivity contribution in [1.29, 1.82) is 0 Å². The summed E-state index contributed by atoms with van der Waals surface area (Å²) in [6.45, 7) is 6.59. The third-order valence-corrected chi connectivity index (χ3v) is 8.57. The molecule has 5 rings (SSSR count). The minimum Gasteiger partial charge on any atom is -0.545 e. The Morgan fingerprint density at radius 2 is 1.62 bits per heavy atom. The number of ketones is 1. The molecule has 0 heterocycles. The number of phenols is 1. The summed E-state index contributed by atoms with van der Waals surface area (Å²) in [7, 11) is 0. The molecule has 0 saturated carbocycles. The van der Waals surface area contributed by atoms with Gasteiger partial charge in [0.25, 0.3) is 0 Å². The van der Waals surface area contributed by atoms with E-state index in [1.165, 1.54) is 18.2 Å².